The highest BCUT2D eigenvalue weighted by atomic mass is 16.3. The van der Waals surface area contributed by atoms with Crippen LogP contribution in [0.3, 0.4) is 0 Å². The first-order valence-electron chi connectivity index (χ1n) is 6.73. The van der Waals surface area contributed by atoms with Gasteiger partial charge in [0.25, 0.3) is 0 Å². The molecule has 1 aromatic rings. The topological polar surface area (TPSA) is 52.6 Å². The van der Waals surface area contributed by atoms with E-state index in [1.807, 2.05) is 12.1 Å². The van der Waals surface area contributed by atoms with Crippen LogP contribution in [0.15, 0.2) is 18.2 Å². The minimum atomic E-state index is -0.0152. The fourth-order valence-corrected chi connectivity index (χ4v) is 2.53. The van der Waals surface area contributed by atoms with Crippen molar-refractivity contribution in [3.63, 3.8) is 0 Å². The van der Waals surface area contributed by atoms with Crippen LogP contribution in [-0.2, 0) is 10.2 Å². The van der Waals surface area contributed by atoms with Crippen molar-refractivity contribution >= 4 is 12.1 Å². The first-order valence-corrected chi connectivity index (χ1v) is 6.73. The Bertz CT molecular complexity index is 466. The van der Waals surface area contributed by atoms with Gasteiger partial charge in [-0.1, -0.05) is 26.8 Å². The zero-order valence-electron chi connectivity index (χ0n) is 11.8. The third-order valence-electron chi connectivity index (χ3n) is 3.66. The highest BCUT2D eigenvalue weighted by molar-refractivity contribution is 5.62. The van der Waals surface area contributed by atoms with Crippen LogP contribution in [0, 0.1) is 0 Å². The van der Waals surface area contributed by atoms with Crippen LogP contribution < -0.4 is 10.2 Å². The smallest absolute Gasteiger partial charge is 0.208 e. The number of carbonyl (C=O) groups excluding carboxylic acids is 1. The monoisotopic (exact) mass is 262 g/mol. The standard InChI is InChI=1S/C15H22N2O2/c1-15(2,3)11-6-7-13(19)12(9-11)17-8-4-5-14(17)16-10-18/h6-7,9-10,14,19H,4-5,8H2,1-3H3,(H,16,18)/t14-/m0/s1. The van der Waals surface area contributed by atoms with E-state index in [1.165, 1.54) is 5.56 Å². The molecule has 1 atom stereocenters. The average molecular weight is 262 g/mol. The molecule has 104 valence electrons. The number of phenols is 1. The molecule has 4 heteroatoms. The Balaban J connectivity index is 2.35. The van der Waals surface area contributed by atoms with Crippen LogP contribution in [0.4, 0.5) is 5.69 Å². The highest BCUT2D eigenvalue weighted by Gasteiger charge is 2.27. The quantitative estimate of drug-likeness (QED) is 0.822. The SMILES string of the molecule is CC(C)(C)c1ccc(O)c(N2CCC[C@H]2NC=O)c1. The molecule has 1 amide bonds. The number of amides is 1. The lowest BCUT2D eigenvalue weighted by molar-refractivity contribution is -0.110. The normalized spacial score (nSPS) is 19.5. The minimum absolute atomic E-state index is 0.0152. The summed E-state index contributed by atoms with van der Waals surface area (Å²) in [4.78, 5) is 12.7. The van der Waals surface area contributed by atoms with Crippen LogP contribution in [0.2, 0.25) is 0 Å². The molecular weight excluding hydrogens is 240 g/mol. The average Bonchev–Trinajstić information content (AvgIpc) is 2.77. The van der Waals surface area contributed by atoms with Crippen LogP contribution in [0.5, 0.6) is 5.75 Å². The summed E-state index contributed by atoms with van der Waals surface area (Å²) in [7, 11) is 0. The highest BCUT2D eigenvalue weighted by Crippen LogP contribution is 2.36. The molecule has 1 aliphatic heterocycles. The Kier molecular flexibility index (Phi) is 3.69. The van der Waals surface area contributed by atoms with E-state index in [2.05, 4.69) is 31.0 Å². The van der Waals surface area contributed by atoms with Gasteiger partial charge in [-0.15, -0.1) is 0 Å². The van der Waals surface area contributed by atoms with Crippen molar-refractivity contribution in [2.45, 2.75) is 45.2 Å². The maximum atomic E-state index is 10.6. The van der Waals surface area contributed by atoms with Crippen molar-refractivity contribution in [3.05, 3.63) is 23.8 Å². The molecule has 1 saturated heterocycles. The second kappa shape index (κ2) is 5.11. The fourth-order valence-electron chi connectivity index (χ4n) is 2.53. The van der Waals surface area contributed by atoms with Crippen molar-refractivity contribution in [1.82, 2.24) is 5.32 Å². The minimum Gasteiger partial charge on any atom is -0.506 e. The molecule has 1 heterocycles. The van der Waals surface area contributed by atoms with Gasteiger partial charge in [0.05, 0.1) is 5.69 Å². The number of phenolic OH excluding ortho intramolecular Hbond substituents is 1. The van der Waals surface area contributed by atoms with Gasteiger partial charge in [0, 0.05) is 6.54 Å². The van der Waals surface area contributed by atoms with Gasteiger partial charge < -0.3 is 15.3 Å². The van der Waals surface area contributed by atoms with Gasteiger partial charge in [0.1, 0.15) is 11.9 Å². The second-order valence-corrected chi connectivity index (χ2v) is 6.09. The van der Waals surface area contributed by atoms with Crippen molar-refractivity contribution < 1.29 is 9.90 Å². The van der Waals surface area contributed by atoms with E-state index < -0.39 is 0 Å². The van der Waals surface area contributed by atoms with E-state index in [4.69, 9.17) is 0 Å². The maximum Gasteiger partial charge on any atom is 0.208 e. The third-order valence-corrected chi connectivity index (χ3v) is 3.66. The summed E-state index contributed by atoms with van der Waals surface area (Å²) in [5.74, 6) is 0.271. The summed E-state index contributed by atoms with van der Waals surface area (Å²) in [6.45, 7) is 7.30. The molecular formula is C15H22N2O2. The van der Waals surface area contributed by atoms with Gasteiger partial charge in [0.2, 0.25) is 6.41 Å². The number of carbonyl (C=O) groups is 1. The fraction of sp³-hybridized carbons (Fsp3) is 0.533. The molecule has 1 fully saturated rings. The number of aromatic hydroxyl groups is 1. The van der Waals surface area contributed by atoms with Gasteiger partial charge in [-0.2, -0.15) is 0 Å². The molecule has 1 aliphatic rings. The van der Waals surface area contributed by atoms with Gasteiger partial charge in [0.15, 0.2) is 0 Å². The van der Waals surface area contributed by atoms with Crippen molar-refractivity contribution in [1.29, 1.82) is 0 Å². The zero-order chi connectivity index (χ0) is 14.0. The van der Waals surface area contributed by atoms with Crippen molar-refractivity contribution in [3.8, 4) is 5.75 Å². The van der Waals surface area contributed by atoms with E-state index in [0.29, 0.717) is 0 Å². The molecule has 0 aliphatic carbocycles. The molecule has 19 heavy (non-hydrogen) atoms. The Hall–Kier alpha value is -1.71. The summed E-state index contributed by atoms with van der Waals surface area (Å²) >= 11 is 0. The number of anilines is 1. The molecule has 1 aromatic carbocycles. The number of benzene rings is 1. The van der Waals surface area contributed by atoms with Crippen molar-refractivity contribution in [2.24, 2.45) is 0 Å². The molecule has 0 bridgehead atoms. The first-order chi connectivity index (χ1) is 8.93. The molecule has 0 aromatic heterocycles. The summed E-state index contributed by atoms with van der Waals surface area (Å²) < 4.78 is 0. The number of hydrogen-bond donors (Lipinski definition) is 2. The van der Waals surface area contributed by atoms with E-state index in [9.17, 15) is 9.90 Å². The van der Waals surface area contributed by atoms with E-state index in [-0.39, 0.29) is 17.3 Å². The molecule has 0 spiro atoms. The molecule has 0 unspecified atom stereocenters. The summed E-state index contributed by atoms with van der Waals surface area (Å²) in [5, 5.41) is 12.9. The second-order valence-electron chi connectivity index (χ2n) is 6.09. The van der Waals surface area contributed by atoms with Crippen LogP contribution in [0.1, 0.15) is 39.2 Å². The van der Waals surface area contributed by atoms with Crippen LogP contribution in [0.25, 0.3) is 0 Å². The molecule has 0 radical (unpaired) electrons. The molecule has 4 nitrogen and oxygen atoms in total. The molecule has 2 rings (SSSR count). The lowest BCUT2D eigenvalue weighted by atomic mass is 9.86. The predicted octanol–water partition coefficient (Wildman–Crippen LogP) is 2.36. The van der Waals surface area contributed by atoms with Gasteiger partial charge >= 0.3 is 0 Å². The first kappa shape index (κ1) is 13.7. The number of hydrogen-bond acceptors (Lipinski definition) is 3. The number of nitrogens with zero attached hydrogens (tertiary/aromatic N) is 1. The van der Waals surface area contributed by atoms with E-state index in [1.54, 1.807) is 6.07 Å². The Morgan fingerprint density at radius 3 is 2.79 bits per heavy atom. The summed E-state index contributed by atoms with van der Waals surface area (Å²) in [6, 6.07) is 5.73. The summed E-state index contributed by atoms with van der Waals surface area (Å²) in [6.07, 6.45) is 2.65. The zero-order valence-corrected chi connectivity index (χ0v) is 11.8. The van der Waals surface area contributed by atoms with Gasteiger partial charge in [-0.25, -0.2) is 0 Å². The Morgan fingerprint density at radius 2 is 2.16 bits per heavy atom. The Labute approximate surface area is 114 Å². The number of rotatable bonds is 3. The van der Waals surface area contributed by atoms with E-state index in [0.717, 1.165) is 31.5 Å². The molecule has 2 N–H and O–H groups in total. The lowest BCUT2D eigenvalue weighted by Crippen LogP contribution is -2.40. The van der Waals surface area contributed by atoms with Crippen molar-refractivity contribution in [2.75, 3.05) is 11.4 Å². The van der Waals surface area contributed by atoms with Gasteiger partial charge in [-0.05, 0) is 36.0 Å². The largest absolute Gasteiger partial charge is 0.506 e. The van der Waals surface area contributed by atoms with E-state index >= 15 is 0 Å². The third kappa shape index (κ3) is 2.83. The molecule has 0 saturated carbocycles. The predicted molar refractivity (Wildman–Crippen MR) is 76.4 cm³/mol. The number of nitrogens with one attached hydrogen (secondary N) is 1. The maximum absolute atomic E-state index is 10.6. The lowest BCUT2D eigenvalue weighted by Gasteiger charge is -2.29. The van der Waals surface area contributed by atoms with Crippen LogP contribution in [-0.4, -0.2) is 24.2 Å². The summed E-state index contributed by atoms with van der Waals surface area (Å²) in [5.41, 5.74) is 2.02. The van der Waals surface area contributed by atoms with Gasteiger partial charge in [-0.3, -0.25) is 4.79 Å². The Morgan fingerprint density at radius 1 is 1.42 bits per heavy atom. The van der Waals surface area contributed by atoms with Crippen LogP contribution >= 0.6 is 0 Å².